The fourth-order valence-corrected chi connectivity index (χ4v) is 4.20. The molecule has 170 valence electrons. The molecule has 1 atom stereocenters. The Hall–Kier alpha value is -4.31. The number of hydrazone groups is 1. The van der Waals surface area contributed by atoms with Crippen LogP contribution in [0.3, 0.4) is 0 Å². The number of hydrogen-bond acceptors (Lipinski definition) is 7. The van der Waals surface area contributed by atoms with Crippen molar-refractivity contribution in [2.24, 2.45) is 5.10 Å². The third-order valence-electron chi connectivity index (χ3n) is 5.68. The van der Waals surface area contributed by atoms with Gasteiger partial charge in [-0.3, -0.25) is 29.4 Å². The number of amides is 3. The van der Waals surface area contributed by atoms with E-state index in [1.54, 1.807) is 36.4 Å². The third kappa shape index (κ3) is 3.54. The number of rotatable bonds is 5. The Labute approximate surface area is 197 Å². The molecule has 5 rings (SSSR count). The van der Waals surface area contributed by atoms with Crippen LogP contribution in [0.15, 0.2) is 70.4 Å². The van der Waals surface area contributed by atoms with Gasteiger partial charge in [0.25, 0.3) is 23.4 Å². The summed E-state index contributed by atoms with van der Waals surface area (Å²) in [4.78, 5) is 50.3. The van der Waals surface area contributed by atoms with Crippen molar-refractivity contribution in [3.8, 4) is 0 Å². The second kappa shape index (κ2) is 8.23. The van der Waals surface area contributed by atoms with E-state index >= 15 is 0 Å². The van der Waals surface area contributed by atoms with Crippen molar-refractivity contribution in [2.75, 3.05) is 6.54 Å². The molecule has 1 aromatic heterocycles. The average Bonchev–Trinajstić information content (AvgIpc) is 3.55. The number of imide groups is 1. The fourth-order valence-electron chi connectivity index (χ4n) is 4.08. The number of furan rings is 1. The summed E-state index contributed by atoms with van der Waals surface area (Å²) in [5.41, 5.74) is 0.446. The Morgan fingerprint density at radius 2 is 1.88 bits per heavy atom. The van der Waals surface area contributed by atoms with E-state index in [4.69, 9.17) is 16.0 Å². The number of carbonyl (C=O) groups is 3. The molecule has 2 aromatic carbocycles. The number of nitro benzene ring substituents is 1. The second-order valence-corrected chi connectivity index (χ2v) is 8.12. The van der Waals surface area contributed by atoms with Crippen LogP contribution in [0, 0.1) is 10.1 Å². The van der Waals surface area contributed by atoms with Crippen LogP contribution in [-0.2, 0) is 4.79 Å². The molecule has 0 bridgehead atoms. The molecule has 11 heteroatoms. The first-order valence-corrected chi connectivity index (χ1v) is 10.6. The highest BCUT2D eigenvalue weighted by Crippen LogP contribution is 2.35. The summed E-state index contributed by atoms with van der Waals surface area (Å²) in [7, 11) is 0. The second-order valence-electron chi connectivity index (χ2n) is 7.68. The fraction of sp³-hybridized carbons (Fsp3) is 0.130. The van der Waals surface area contributed by atoms with Crippen molar-refractivity contribution in [3.05, 3.63) is 98.4 Å². The molecule has 0 fully saturated rings. The van der Waals surface area contributed by atoms with Gasteiger partial charge in [0.15, 0.2) is 0 Å². The highest BCUT2D eigenvalue weighted by Gasteiger charge is 2.44. The number of halogens is 1. The summed E-state index contributed by atoms with van der Waals surface area (Å²) in [6.07, 6.45) is 1.82. The van der Waals surface area contributed by atoms with E-state index < -0.39 is 40.9 Å². The Morgan fingerprint density at radius 3 is 2.56 bits per heavy atom. The molecule has 0 N–H and O–H groups in total. The molecule has 3 aromatic rings. The predicted octanol–water partition coefficient (Wildman–Crippen LogP) is 3.82. The summed E-state index contributed by atoms with van der Waals surface area (Å²) in [5.74, 6) is -1.81. The molecule has 0 saturated heterocycles. The quantitative estimate of drug-likeness (QED) is 0.311. The normalized spacial score (nSPS) is 17.2. The molecule has 10 nitrogen and oxygen atoms in total. The summed E-state index contributed by atoms with van der Waals surface area (Å²) in [6.45, 7) is -0.627. The van der Waals surface area contributed by atoms with Crippen molar-refractivity contribution in [1.29, 1.82) is 0 Å². The molecular weight excluding hydrogens is 464 g/mol. The van der Waals surface area contributed by atoms with Gasteiger partial charge in [0, 0.05) is 17.5 Å². The highest BCUT2D eigenvalue weighted by molar-refractivity contribution is 6.30. The molecule has 0 aliphatic carbocycles. The van der Waals surface area contributed by atoms with Crippen molar-refractivity contribution >= 4 is 40.7 Å². The van der Waals surface area contributed by atoms with Crippen molar-refractivity contribution in [2.45, 2.75) is 12.5 Å². The topological polar surface area (TPSA) is 126 Å². The van der Waals surface area contributed by atoms with Gasteiger partial charge >= 0.3 is 0 Å². The lowest BCUT2D eigenvalue weighted by molar-refractivity contribution is -0.385. The van der Waals surface area contributed by atoms with Gasteiger partial charge in [-0.15, -0.1) is 0 Å². The largest absolute Gasteiger partial charge is 0.467 e. The SMILES string of the molecule is O=C1c2cccc([N+](=O)[O-])c2C(=O)N1CC(=O)N1N=C(c2ccc(Cl)cc2)CC1c1ccco1. The minimum Gasteiger partial charge on any atom is -0.467 e. The Kier molecular flexibility index (Phi) is 5.21. The minimum absolute atomic E-state index is 0.110. The van der Waals surface area contributed by atoms with Gasteiger partial charge < -0.3 is 4.42 Å². The van der Waals surface area contributed by atoms with Crippen LogP contribution in [0.4, 0.5) is 5.69 Å². The van der Waals surface area contributed by atoms with Crippen LogP contribution < -0.4 is 0 Å². The molecule has 3 heterocycles. The monoisotopic (exact) mass is 478 g/mol. The zero-order valence-corrected chi connectivity index (χ0v) is 18.1. The van der Waals surface area contributed by atoms with Crippen LogP contribution in [0.5, 0.6) is 0 Å². The van der Waals surface area contributed by atoms with Gasteiger partial charge in [0.05, 0.1) is 22.5 Å². The number of fused-ring (bicyclic) bond motifs is 1. The first kappa shape index (κ1) is 21.5. The molecule has 34 heavy (non-hydrogen) atoms. The van der Waals surface area contributed by atoms with Crippen LogP contribution in [-0.4, -0.2) is 44.8 Å². The zero-order valence-electron chi connectivity index (χ0n) is 17.4. The van der Waals surface area contributed by atoms with E-state index in [-0.39, 0.29) is 11.1 Å². The lowest BCUT2D eigenvalue weighted by Gasteiger charge is -2.22. The lowest BCUT2D eigenvalue weighted by atomic mass is 10.0. The standard InChI is InChI=1S/C23H15ClN4O6/c24-14-8-6-13(7-9-14)16-11-18(19-5-2-10-34-19)27(25-16)20(29)12-26-22(30)15-3-1-4-17(28(32)33)21(15)23(26)31/h1-10,18H,11-12H2. The number of nitrogens with zero attached hydrogens (tertiary/aromatic N) is 4. The lowest BCUT2D eigenvalue weighted by Crippen LogP contribution is -2.41. The first-order chi connectivity index (χ1) is 16.3. The van der Waals surface area contributed by atoms with Gasteiger partial charge in [-0.05, 0) is 35.9 Å². The van der Waals surface area contributed by atoms with E-state index in [9.17, 15) is 24.5 Å². The van der Waals surface area contributed by atoms with Crippen LogP contribution in [0.2, 0.25) is 5.02 Å². The maximum absolute atomic E-state index is 13.3. The molecule has 0 radical (unpaired) electrons. The number of nitro groups is 1. The van der Waals surface area contributed by atoms with E-state index in [0.29, 0.717) is 27.8 Å². The van der Waals surface area contributed by atoms with Crippen LogP contribution in [0.25, 0.3) is 0 Å². The first-order valence-electron chi connectivity index (χ1n) is 10.2. The summed E-state index contributed by atoms with van der Waals surface area (Å²) < 4.78 is 5.50. The summed E-state index contributed by atoms with van der Waals surface area (Å²) >= 11 is 5.97. The van der Waals surface area contributed by atoms with Gasteiger partial charge in [-0.2, -0.15) is 5.10 Å². The molecule has 2 aliphatic rings. The van der Waals surface area contributed by atoms with Crippen molar-refractivity contribution in [1.82, 2.24) is 9.91 Å². The van der Waals surface area contributed by atoms with Gasteiger partial charge in [-0.1, -0.05) is 29.8 Å². The average molecular weight is 479 g/mol. The predicted molar refractivity (Wildman–Crippen MR) is 119 cm³/mol. The van der Waals surface area contributed by atoms with Gasteiger partial charge in [0.2, 0.25) is 0 Å². The van der Waals surface area contributed by atoms with Crippen molar-refractivity contribution in [3.63, 3.8) is 0 Å². The molecule has 2 aliphatic heterocycles. The van der Waals surface area contributed by atoms with Gasteiger partial charge in [-0.25, -0.2) is 5.01 Å². The van der Waals surface area contributed by atoms with Gasteiger partial charge in [0.1, 0.15) is 23.9 Å². The van der Waals surface area contributed by atoms with Crippen LogP contribution in [0.1, 0.15) is 44.5 Å². The zero-order chi connectivity index (χ0) is 24.0. The number of carbonyl (C=O) groups excluding carboxylic acids is 3. The van der Waals surface area contributed by atoms with E-state index in [0.717, 1.165) is 11.6 Å². The summed E-state index contributed by atoms with van der Waals surface area (Å²) in [6, 6.07) is 13.6. The molecule has 3 amide bonds. The smallest absolute Gasteiger partial charge is 0.282 e. The minimum atomic E-state index is -0.892. The maximum Gasteiger partial charge on any atom is 0.282 e. The Morgan fingerprint density at radius 1 is 1.12 bits per heavy atom. The van der Waals surface area contributed by atoms with Crippen LogP contribution >= 0.6 is 11.6 Å². The maximum atomic E-state index is 13.3. The highest BCUT2D eigenvalue weighted by atomic mass is 35.5. The van der Waals surface area contributed by atoms with Crippen molar-refractivity contribution < 1.29 is 23.7 Å². The molecular formula is C23H15ClN4O6. The molecule has 1 unspecified atom stereocenters. The van der Waals surface area contributed by atoms with E-state index in [1.807, 2.05) is 0 Å². The van der Waals surface area contributed by atoms with E-state index in [1.165, 1.54) is 23.4 Å². The molecule has 0 saturated carbocycles. The number of benzene rings is 2. The van der Waals surface area contributed by atoms with E-state index in [2.05, 4.69) is 5.10 Å². The summed E-state index contributed by atoms with van der Waals surface area (Å²) in [5, 5.41) is 17.5. The number of hydrogen-bond donors (Lipinski definition) is 0. The third-order valence-corrected chi connectivity index (χ3v) is 5.93. The Bertz CT molecular complexity index is 1370. The Balaban J connectivity index is 1.45. The molecule has 0 spiro atoms.